The number of benzene rings is 1. The van der Waals surface area contributed by atoms with Gasteiger partial charge < -0.3 is 16.0 Å². The summed E-state index contributed by atoms with van der Waals surface area (Å²) in [6.07, 6.45) is 9.58. The molecule has 0 aliphatic carbocycles. The van der Waals surface area contributed by atoms with Crippen LogP contribution in [0.15, 0.2) is 55.3 Å². The molecule has 7 nitrogen and oxygen atoms in total. The van der Waals surface area contributed by atoms with Crippen LogP contribution in [0.25, 0.3) is 16.8 Å². The predicted octanol–water partition coefficient (Wildman–Crippen LogP) is 2.59. The van der Waals surface area contributed by atoms with Crippen molar-refractivity contribution >= 4 is 23.5 Å². The Balaban J connectivity index is 1.85. The van der Waals surface area contributed by atoms with Crippen molar-refractivity contribution in [3.8, 4) is 11.3 Å². The number of rotatable bonds is 6. The number of allylic oxidation sites excluding steroid dienone is 1. The monoisotopic (exact) mass is 387 g/mol. The number of nitrogens with one attached hydrogen (secondary N) is 2. The molecule has 3 rings (SSSR count). The van der Waals surface area contributed by atoms with E-state index >= 15 is 0 Å². The van der Waals surface area contributed by atoms with Crippen molar-refractivity contribution in [1.29, 1.82) is 5.41 Å². The lowest BCUT2D eigenvalue weighted by atomic mass is 9.99. The molecule has 0 spiro atoms. The smallest absolute Gasteiger partial charge is 0.258 e. The van der Waals surface area contributed by atoms with Crippen LogP contribution in [0, 0.1) is 19.3 Å². The maximum atomic E-state index is 12.4. The van der Waals surface area contributed by atoms with Crippen molar-refractivity contribution in [2.75, 3.05) is 12.4 Å². The number of pyridine rings is 1. The minimum absolute atomic E-state index is 0.271. The Kier molecular flexibility index (Phi) is 6.21. The summed E-state index contributed by atoms with van der Waals surface area (Å²) in [5.41, 5.74) is 5.78. The number of nitrogens with zero attached hydrogens (tertiary/aromatic N) is 3. The molecule has 146 valence electrons. The van der Waals surface area contributed by atoms with Gasteiger partial charge in [0.15, 0.2) is 5.82 Å². The van der Waals surface area contributed by atoms with Gasteiger partial charge in [0.2, 0.25) is 0 Å². The van der Waals surface area contributed by atoms with Gasteiger partial charge in [0.1, 0.15) is 6.20 Å². The number of anilines is 1. The molecule has 1 aromatic carbocycles. The van der Waals surface area contributed by atoms with Crippen molar-refractivity contribution in [2.45, 2.75) is 13.8 Å². The fraction of sp³-hybridized carbons (Fsp3) is 0.136. The van der Waals surface area contributed by atoms with Crippen LogP contribution in [-0.4, -0.2) is 34.1 Å². The van der Waals surface area contributed by atoms with E-state index in [4.69, 9.17) is 5.41 Å². The van der Waals surface area contributed by atoms with Crippen LogP contribution in [0.5, 0.6) is 0 Å². The van der Waals surface area contributed by atoms with Crippen molar-refractivity contribution < 1.29 is 10.1 Å². The molecule has 0 unspecified atom stereocenters. The lowest BCUT2D eigenvalue weighted by Crippen LogP contribution is -2.72. The largest absolute Gasteiger partial charge is 0.322 e. The minimum Gasteiger partial charge on any atom is -0.322 e. The van der Waals surface area contributed by atoms with E-state index in [0.29, 0.717) is 17.1 Å². The molecule has 0 fully saturated rings. The molecule has 0 atom stereocenters. The van der Waals surface area contributed by atoms with Gasteiger partial charge in [-0.15, -0.1) is 0 Å². The fourth-order valence-electron chi connectivity index (χ4n) is 2.90. The van der Waals surface area contributed by atoms with Gasteiger partial charge in [0, 0.05) is 24.2 Å². The second-order valence-electron chi connectivity index (χ2n) is 6.56. The first-order valence-electron chi connectivity index (χ1n) is 9.19. The molecule has 1 amide bonds. The summed E-state index contributed by atoms with van der Waals surface area (Å²) < 4.78 is 0. The molecular weight excluding hydrogens is 364 g/mol. The Bertz CT molecular complexity index is 1070. The third kappa shape index (κ3) is 4.59. The molecule has 2 aromatic heterocycles. The number of hydrogen-bond acceptors (Lipinski definition) is 5. The molecule has 0 radical (unpaired) electrons. The number of carbonyl (C=O) groups excluding carboxylic acids is 1. The zero-order valence-corrected chi connectivity index (χ0v) is 16.6. The number of aryl methyl sites for hydroxylation is 2. The van der Waals surface area contributed by atoms with Gasteiger partial charge >= 0.3 is 0 Å². The Labute approximate surface area is 169 Å². The van der Waals surface area contributed by atoms with Crippen molar-refractivity contribution in [2.24, 2.45) is 0 Å². The van der Waals surface area contributed by atoms with E-state index in [1.165, 1.54) is 18.6 Å². The van der Waals surface area contributed by atoms with Crippen LogP contribution in [0.4, 0.5) is 5.82 Å². The van der Waals surface area contributed by atoms with Crippen LogP contribution in [0.1, 0.15) is 27.0 Å². The van der Waals surface area contributed by atoms with Crippen LogP contribution in [0.3, 0.4) is 0 Å². The van der Waals surface area contributed by atoms with Crippen LogP contribution in [0.2, 0.25) is 0 Å². The highest BCUT2D eigenvalue weighted by molar-refractivity contribution is 6.08. The molecule has 29 heavy (non-hydrogen) atoms. The van der Waals surface area contributed by atoms with E-state index in [2.05, 4.69) is 20.3 Å². The van der Waals surface area contributed by atoms with Gasteiger partial charge in [0.25, 0.3) is 5.91 Å². The lowest BCUT2D eigenvalue weighted by Gasteiger charge is -2.10. The molecule has 0 aliphatic rings. The number of nitrogens with two attached hydrogens (primary N) is 1. The summed E-state index contributed by atoms with van der Waals surface area (Å²) in [5.74, 6) is 0.101. The first-order chi connectivity index (χ1) is 14.0. The highest BCUT2D eigenvalue weighted by atomic mass is 16.1. The van der Waals surface area contributed by atoms with Gasteiger partial charge in [-0.2, -0.15) is 0 Å². The lowest BCUT2D eigenvalue weighted by molar-refractivity contribution is -0.555. The molecule has 0 bridgehead atoms. The number of amides is 1. The molecule has 0 aliphatic heterocycles. The van der Waals surface area contributed by atoms with E-state index in [9.17, 15) is 4.79 Å². The van der Waals surface area contributed by atoms with Crippen molar-refractivity contribution in [1.82, 2.24) is 15.0 Å². The van der Waals surface area contributed by atoms with E-state index in [1.807, 2.05) is 50.6 Å². The summed E-state index contributed by atoms with van der Waals surface area (Å²) in [4.78, 5) is 25.2. The minimum atomic E-state index is -0.271. The average molecular weight is 387 g/mol. The molecule has 3 aromatic rings. The molecule has 7 heteroatoms. The predicted molar refractivity (Wildman–Crippen MR) is 114 cm³/mol. The van der Waals surface area contributed by atoms with E-state index in [0.717, 1.165) is 27.8 Å². The number of hydrogen-bond donors (Lipinski definition) is 3. The van der Waals surface area contributed by atoms with Gasteiger partial charge in [-0.25, -0.2) is 4.98 Å². The molecule has 0 saturated heterocycles. The number of carbonyl (C=O) groups is 1. The first-order valence-corrected chi connectivity index (χ1v) is 9.19. The highest BCUT2D eigenvalue weighted by Gasteiger charge is 2.12. The molecule has 4 N–H and O–H groups in total. The van der Waals surface area contributed by atoms with Crippen molar-refractivity contribution in [3.63, 3.8) is 0 Å². The SMILES string of the molecule is C[NH2+]/C=C(\C=N)c1ccc(C)c(-c2cnc(NC(=O)c3cnccc3C)cn2)c1. The summed E-state index contributed by atoms with van der Waals surface area (Å²) >= 11 is 0. The zero-order chi connectivity index (χ0) is 20.8. The first kappa shape index (κ1) is 20.0. The van der Waals surface area contributed by atoms with Crippen molar-refractivity contribution in [3.05, 3.63) is 77.5 Å². The standard InChI is InChI=1S/C22H22N6O/c1-14-4-5-16(17(9-23)10-24-3)8-18(14)20-12-27-21(13-26-20)28-22(29)19-11-25-7-6-15(19)2/h4-13,23-24H,1-3H3,(H,27,28,29)/p+1/b17-10+,23-9?. The second-order valence-corrected chi connectivity index (χ2v) is 6.56. The summed E-state index contributed by atoms with van der Waals surface area (Å²) in [6, 6.07) is 7.77. The maximum Gasteiger partial charge on any atom is 0.258 e. The van der Waals surface area contributed by atoms with Gasteiger partial charge in [0.05, 0.1) is 36.3 Å². The zero-order valence-electron chi connectivity index (χ0n) is 16.6. The Morgan fingerprint density at radius 2 is 1.93 bits per heavy atom. The fourth-order valence-corrected chi connectivity index (χ4v) is 2.90. The summed E-state index contributed by atoms with van der Waals surface area (Å²) in [7, 11) is 1.92. The van der Waals surface area contributed by atoms with Crippen LogP contribution in [-0.2, 0) is 0 Å². The normalized spacial score (nSPS) is 11.2. The highest BCUT2D eigenvalue weighted by Crippen LogP contribution is 2.25. The van der Waals surface area contributed by atoms with Crippen LogP contribution >= 0.6 is 0 Å². The Hall–Kier alpha value is -3.71. The third-order valence-corrected chi connectivity index (χ3v) is 4.53. The molecule has 0 saturated carbocycles. The average Bonchev–Trinajstić information content (AvgIpc) is 2.73. The van der Waals surface area contributed by atoms with Crippen LogP contribution < -0.4 is 10.6 Å². The molecule has 2 heterocycles. The number of aromatic nitrogens is 3. The Morgan fingerprint density at radius 1 is 1.10 bits per heavy atom. The van der Waals surface area contributed by atoms with E-state index in [1.54, 1.807) is 18.5 Å². The van der Waals surface area contributed by atoms with Gasteiger partial charge in [-0.1, -0.05) is 12.1 Å². The third-order valence-electron chi connectivity index (χ3n) is 4.53. The second kappa shape index (κ2) is 8.99. The van der Waals surface area contributed by atoms with Gasteiger partial charge in [-0.3, -0.25) is 14.8 Å². The summed E-state index contributed by atoms with van der Waals surface area (Å²) in [6.45, 7) is 3.86. The van der Waals surface area contributed by atoms with E-state index < -0.39 is 0 Å². The topological polar surface area (TPSA) is 108 Å². The maximum absolute atomic E-state index is 12.4. The Morgan fingerprint density at radius 3 is 2.59 bits per heavy atom. The quantitative estimate of drug-likeness (QED) is 0.565. The molecular formula is C22H23N6O+. The summed E-state index contributed by atoms with van der Waals surface area (Å²) in [5, 5.41) is 12.3. The van der Waals surface area contributed by atoms with E-state index in [-0.39, 0.29) is 5.91 Å². The van der Waals surface area contributed by atoms with Gasteiger partial charge in [-0.05, 0) is 42.7 Å². The number of quaternary nitrogens is 1.